The molecule has 0 atom stereocenters. The molecule has 0 N–H and O–H groups in total. The van der Waals surface area contributed by atoms with Crippen LogP contribution in [0.5, 0.6) is 11.5 Å². The van der Waals surface area contributed by atoms with Gasteiger partial charge in [-0.3, -0.25) is 4.79 Å². The van der Waals surface area contributed by atoms with Crippen molar-refractivity contribution in [3.63, 3.8) is 0 Å². The van der Waals surface area contributed by atoms with Gasteiger partial charge in [-0.25, -0.2) is 9.78 Å². The van der Waals surface area contributed by atoms with Crippen molar-refractivity contribution in [3.8, 4) is 22.9 Å². The van der Waals surface area contributed by atoms with E-state index in [1.54, 1.807) is 38.1 Å². The third kappa shape index (κ3) is 5.91. The topological polar surface area (TPSA) is 92.0 Å². The molecule has 0 amide bonds. The Balaban J connectivity index is 1.76. The van der Waals surface area contributed by atoms with E-state index in [2.05, 4.69) is 37.0 Å². The van der Waals surface area contributed by atoms with Crippen LogP contribution < -0.4 is 15.0 Å². The first kappa shape index (κ1) is 26.6. The number of halogens is 2. The number of nitrogens with zero attached hydrogens (tertiary/aromatic N) is 3. The molecule has 1 heterocycles. The van der Waals surface area contributed by atoms with Crippen LogP contribution in [0.4, 0.5) is 0 Å². The molecule has 0 radical (unpaired) electrons. The van der Waals surface area contributed by atoms with E-state index in [0.29, 0.717) is 42.7 Å². The van der Waals surface area contributed by atoms with Crippen LogP contribution in [-0.4, -0.2) is 41.7 Å². The fraction of sp³-hybridized carbons (Fsp3) is 0.185. The number of carbonyl (C=O) groups is 1. The first-order valence-electron chi connectivity index (χ1n) is 11.3. The van der Waals surface area contributed by atoms with Gasteiger partial charge in [0.1, 0.15) is 0 Å². The summed E-state index contributed by atoms with van der Waals surface area (Å²) in [6.07, 6.45) is 1.28. The van der Waals surface area contributed by atoms with Crippen molar-refractivity contribution in [2.75, 3.05) is 13.7 Å². The molecule has 4 rings (SSSR count). The molecular formula is C27H23Br2N3O5. The predicted octanol–water partition coefficient (Wildman–Crippen LogP) is 5.81. The lowest BCUT2D eigenvalue weighted by Gasteiger charge is -2.15. The number of ether oxygens (including phenoxy) is 3. The van der Waals surface area contributed by atoms with E-state index < -0.39 is 5.97 Å². The van der Waals surface area contributed by atoms with Gasteiger partial charge in [0.15, 0.2) is 23.9 Å². The molecule has 8 nitrogen and oxygen atoms in total. The molecule has 1 aromatic heterocycles. The summed E-state index contributed by atoms with van der Waals surface area (Å²) in [6, 6.07) is 18.2. The van der Waals surface area contributed by atoms with E-state index in [4.69, 9.17) is 19.2 Å². The number of para-hydroxylation sites is 1. The van der Waals surface area contributed by atoms with E-state index >= 15 is 0 Å². The molecule has 0 saturated heterocycles. The summed E-state index contributed by atoms with van der Waals surface area (Å²) in [7, 11) is 1.49. The van der Waals surface area contributed by atoms with Crippen LogP contribution in [0.3, 0.4) is 0 Å². The van der Waals surface area contributed by atoms with Gasteiger partial charge in [0, 0.05) is 15.6 Å². The van der Waals surface area contributed by atoms with Gasteiger partial charge in [-0.1, -0.05) is 42.5 Å². The van der Waals surface area contributed by atoms with E-state index in [1.165, 1.54) is 18.0 Å². The maximum Gasteiger partial charge on any atom is 0.344 e. The van der Waals surface area contributed by atoms with Gasteiger partial charge in [0.2, 0.25) is 0 Å². The number of aromatic nitrogens is 2. The van der Waals surface area contributed by atoms with Crippen molar-refractivity contribution in [2.45, 2.75) is 20.0 Å². The summed E-state index contributed by atoms with van der Waals surface area (Å²) in [5.41, 5.74) is 1.63. The minimum Gasteiger partial charge on any atom is -0.493 e. The Bertz CT molecular complexity index is 1540. The molecule has 0 aliphatic heterocycles. The number of rotatable bonds is 8. The van der Waals surface area contributed by atoms with Crippen molar-refractivity contribution >= 4 is 54.9 Å². The summed E-state index contributed by atoms with van der Waals surface area (Å²) >= 11 is 7.05. The zero-order valence-electron chi connectivity index (χ0n) is 20.3. The standard InChI is InChI=1S/C27H23Br2N3O5/c1-16(2)37-22(33)15-36-25-21(35-3)13-18(23(28)24(25)29)14-30-32-26(17-9-5-4-6-10-17)31-20-12-8-7-11-19(20)27(32)34/h4-14,16H,15H2,1-3H3. The Labute approximate surface area is 230 Å². The fourth-order valence-corrected chi connectivity index (χ4v) is 4.47. The number of methoxy groups -OCH3 is 1. The number of esters is 1. The molecule has 0 unspecified atom stereocenters. The number of hydrogen-bond acceptors (Lipinski definition) is 7. The first-order chi connectivity index (χ1) is 17.8. The van der Waals surface area contributed by atoms with Gasteiger partial charge in [-0.15, -0.1) is 0 Å². The molecule has 4 aromatic rings. The largest absolute Gasteiger partial charge is 0.493 e. The van der Waals surface area contributed by atoms with Crippen molar-refractivity contribution in [1.82, 2.24) is 9.66 Å². The van der Waals surface area contributed by atoms with Crippen LogP contribution in [0.2, 0.25) is 0 Å². The Kier molecular flexibility index (Phi) is 8.40. The highest BCUT2D eigenvalue weighted by molar-refractivity contribution is 9.13. The third-order valence-electron chi connectivity index (χ3n) is 5.18. The summed E-state index contributed by atoms with van der Waals surface area (Å²) in [4.78, 5) is 30.1. The van der Waals surface area contributed by atoms with Gasteiger partial charge in [-0.2, -0.15) is 9.78 Å². The van der Waals surface area contributed by atoms with Crippen molar-refractivity contribution in [1.29, 1.82) is 0 Å². The van der Waals surface area contributed by atoms with Gasteiger partial charge in [0.25, 0.3) is 5.56 Å². The summed E-state index contributed by atoms with van der Waals surface area (Å²) in [5.74, 6) is 0.594. The van der Waals surface area contributed by atoms with Gasteiger partial charge >= 0.3 is 5.97 Å². The van der Waals surface area contributed by atoms with Crippen LogP contribution in [0.25, 0.3) is 22.3 Å². The SMILES string of the molecule is COc1cc(C=Nn2c(-c3ccccc3)nc3ccccc3c2=O)c(Br)c(Br)c1OCC(=O)OC(C)C. The lowest BCUT2D eigenvalue weighted by Crippen LogP contribution is -2.20. The number of fused-ring (bicyclic) bond motifs is 1. The van der Waals surface area contributed by atoms with Crippen LogP contribution in [-0.2, 0) is 9.53 Å². The monoisotopic (exact) mass is 627 g/mol. The molecule has 0 aliphatic carbocycles. The summed E-state index contributed by atoms with van der Waals surface area (Å²) in [6.45, 7) is 3.24. The minimum atomic E-state index is -0.498. The maximum absolute atomic E-state index is 13.4. The number of carbonyl (C=O) groups excluding carboxylic acids is 1. The molecule has 0 saturated carbocycles. The molecule has 190 valence electrons. The average Bonchev–Trinajstić information content (AvgIpc) is 2.89. The van der Waals surface area contributed by atoms with Crippen molar-refractivity contribution in [2.24, 2.45) is 5.10 Å². The Hall–Kier alpha value is -3.50. The lowest BCUT2D eigenvalue weighted by atomic mass is 10.2. The number of hydrogen-bond donors (Lipinski definition) is 0. The van der Waals surface area contributed by atoms with E-state index in [0.717, 1.165) is 5.56 Å². The second kappa shape index (κ2) is 11.7. The van der Waals surface area contributed by atoms with E-state index in [1.807, 2.05) is 36.4 Å². The molecule has 37 heavy (non-hydrogen) atoms. The van der Waals surface area contributed by atoms with Crippen LogP contribution >= 0.6 is 31.9 Å². The molecule has 0 spiro atoms. The smallest absolute Gasteiger partial charge is 0.344 e. The summed E-state index contributed by atoms with van der Waals surface area (Å²) in [5, 5.41) is 4.96. The van der Waals surface area contributed by atoms with Crippen LogP contribution in [0.15, 0.2) is 79.5 Å². The van der Waals surface area contributed by atoms with Gasteiger partial charge < -0.3 is 14.2 Å². The maximum atomic E-state index is 13.4. The second-order valence-electron chi connectivity index (χ2n) is 8.13. The normalized spacial score (nSPS) is 11.3. The van der Waals surface area contributed by atoms with Gasteiger partial charge in [0.05, 0.1) is 34.8 Å². The van der Waals surface area contributed by atoms with Crippen molar-refractivity contribution in [3.05, 3.63) is 85.5 Å². The Morgan fingerprint density at radius 2 is 1.78 bits per heavy atom. The molecule has 0 fully saturated rings. The molecule has 0 aliphatic rings. The van der Waals surface area contributed by atoms with Gasteiger partial charge in [-0.05, 0) is 63.9 Å². The first-order valence-corrected chi connectivity index (χ1v) is 12.9. The quantitative estimate of drug-likeness (QED) is 0.181. The molecule has 3 aromatic carbocycles. The minimum absolute atomic E-state index is 0.250. The van der Waals surface area contributed by atoms with Crippen LogP contribution in [0.1, 0.15) is 19.4 Å². The highest BCUT2D eigenvalue weighted by Gasteiger charge is 2.19. The predicted molar refractivity (Wildman–Crippen MR) is 150 cm³/mol. The van der Waals surface area contributed by atoms with Crippen molar-refractivity contribution < 1.29 is 19.0 Å². The van der Waals surface area contributed by atoms with E-state index in [-0.39, 0.29) is 18.3 Å². The summed E-state index contributed by atoms with van der Waals surface area (Å²) < 4.78 is 18.7. The molecule has 0 bridgehead atoms. The Morgan fingerprint density at radius 1 is 1.08 bits per heavy atom. The molecular weight excluding hydrogens is 606 g/mol. The highest BCUT2D eigenvalue weighted by Crippen LogP contribution is 2.42. The van der Waals surface area contributed by atoms with E-state index in [9.17, 15) is 9.59 Å². The fourth-order valence-electron chi connectivity index (χ4n) is 3.54. The zero-order chi connectivity index (χ0) is 26.5. The zero-order valence-corrected chi connectivity index (χ0v) is 23.4. The Morgan fingerprint density at radius 3 is 2.49 bits per heavy atom. The lowest BCUT2D eigenvalue weighted by molar-refractivity contribution is -0.149. The average molecular weight is 629 g/mol. The number of benzene rings is 3. The third-order valence-corrected chi connectivity index (χ3v) is 7.32. The van der Waals surface area contributed by atoms with Crippen LogP contribution in [0, 0.1) is 0 Å². The molecule has 10 heteroatoms. The highest BCUT2D eigenvalue weighted by atomic mass is 79.9. The second-order valence-corrected chi connectivity index (χ2v) is 9.72.